The zero-order valence-corrected chi connectivity index (χ0v) is 24.2. The van der Waals surface area contributed by atoms with E-state index in [0.717, 1.165) is 29.9 Å². The van der Waals surface area contributed by atoms with Crippen LogP contribution < -0.4 is 4.74 Å². The van der Waals surface area contributed by atoms with Gasteiger partial charge in [-0.1, -0.05) is 81.8 Å². The van der Waals surface area contributed by atoms with Crippen molar-refractivity contribution in [1.82, 2.24) is 0 Å². The molecular formula is C33H44O7. The SMILES string of the molecule is CCCCCC1(CCCOc2ccc(-c3ccc(C4OC(C(=O)OC)C(C(=O)OC)O4)cc3)cc2)CCCCC1. The van der Waals surface area contributed by atoms with Crippen molar-refractivity contribution in [2.45, 2.75) is 96.1 Å². The van der Waals surface area contributed by atoms with Gasteiger partial charge in [0.25, 0.3) is 0 Å². The van der Waals surface area contributed by atoms with Crippen molar-refractivity contribution < 1.29 is 33.3 Å². The highest BCUT2D eigenvalue weighted by atomic mass is 16.8. The molecule has 2 aromatic carbocycles. The first-order valence-electron chi connectivity index (χ1n) is 14.8. The van der Waals surface area contributed by atoms with Gasteiger partial charge in [-0.2, -0.15) is 0 Å². The smallest absolute Gasteiger partial charge is 0.338 e. The molecule has 218 valence electrons. The first kappa shape index (κ1) is 30.1. The van der Waals surface area contributed by atoms with Crippen LogP contribution in [0.4, 0.5) is 0 Å². The zero-order valence-electron chi connectivity index (χ0n) is 24.2. The summed E-state index contributed by atoms with van der Waals surface area (Å²) < 4.78 is 27.0. The van der Waals surface area contributed by atoms with Crippen LogP contribution in [0.15, 0.2) is 48.5 Å². The summed E-state index contributed by atoms with van der Waals surface area (Å²) in [6, 6.07) is 15.8. The average Bonchev–Trinajstić information content (AvgIpc) is 3.45. The molecule has 4 rings (SSSR count). The molecule has 1 saturated carbocycles. The Morgan fingerprint density at radius 1 is 0.775 bits per heavy atom. The normalized spacial score (nSPS) is 22.0. The summed E-state index contributed by atoms with van der Waals surface area (Å²) in [4.78, 5) is 24.1. The summed E-state index contributed by atoms with van der Waals surface area (Å²) in [5.74, 6) is -0.478. The fourth-order valence-corrected chi connectivity index (χ4v) is 6.08. The number of unbranched alkanes of at least 4 members (excludes halogenated alkanes) is 2. The van der Waals surface area contributed by atoms with Gasteiger partial charge in [-0.05, 0) is 60.8 Å². The summed E-state index contributed by atoms with van der Waals surface area (Å²) in [5.41, 5.74) is 3.31. The van der Waals surface area contributed by atoms with Crippen LogP contribution in [0.2, 0.25) is 0 Å². The van der Waals surface area contributed by atoms with Gasteiger partial charge in [0.05, 0.1) is 20.8 Å². The number of benzene rings is 2. The standard InChI is InChI=1S/C33H44O7/c1-4-5-7-19-33(20-8-6-9-21-33)22-10-23-38-27-17-15-25(16-18-27)24-11-13-26(14-12-24)32-39-28(30(34)36-2)29(40-32)31(35)37-3/h11-18,28-29,32H,4-10,19-23H2,1-3H3. The lowest BCUT2D eigenvalue weighted by Gasteiger charge is -2.38. The molecule has 2 unspecified atom stereocenters. The van der Waals surface area contributed by atoms with E-state index in [1.54, 1.807) is 0 Å². The Kier molecular flexibility index (Phi) is 11.0. The number of carbonyl (C=O) groups excluding carboxylic acids is 2. The Morgan fingerprint density at radius 3 is 1.88 bits per heavy atom. The van der Waals surface area contributed by atoms with E-state index < -0.39 is 30.4 Å². The molecule has 0 radical (unpaired) electrons. The van der Waals surface area contributed by atoms with Gasteiger partial charge in [0.1, 0.15) is 5.75 Å². The first-order valence-corrected chi connectivity index (χ1v) is 14.8. The summed E-state index contributed by atoms with van der Waals surface area (Å²) >= 11 is 0. The van der Waals surface area contributed by atoms with Gasteiger partial charge in [0.15, 0.2) is 18.5 Å². The van der Waals surface area contributed by atoms with Gasteiger partial charge >= 0.3 is 11.9 Å². The number of carbonyl (C=O) groups is 2. The quantitative estimate of drug-likeness (QED) is 0.192. The van der Waals surface area contributed by atoms with Crippen LogP contribution in [0.25, 0.3) is 11.1 Å². The van der Waals surface area contributed by atoms with Crippen molar-refractivity contribution >= 4 is 11.9 Å². The molecule has 1 heterocycles. The minimum absolute atomic E-state index is 0.543. The highest BCUT2D eigenvalue weighted by Gasteiger charge is 2.47. The van der Waals surface area contributed by atoms with E-state index in [-0.39, 0.29) is 0 Å². The van der Waals surface area contributed by atoms with Crippen molar-refractivity contribution in [3.63, 3.8) is 0 Å². The fourth-order valence-electron chi connectivity index (χ4n) is 6.08. The van der Waals surface area contributed by atoms with Crippen molar-refractivity contribution in [1.29, 1.82) is 0 Å². The van der Waals surface area contributed by atoms with Crippen LogP contribution in [0.3, 0.4) is 0 Å². The Balaban J connectivity index is 1.29. The van der Waals surface area contributed by atoms with Gasteiger partial charge in [-0.15, -0.1) is 0 Å². The molecule has 7 nitrogen and oxygen atoms in total. The van der Waals surface area contributed by atoms with E-state index in [9.17, 15) is 9.59 Å². The lowest BCUT2D eigenvalue weighted by atomic mass is 9.68. The van der Waals surface area contributed by atoms with E-state index in [4.69, 9.17) is 23.7 Å². The summed E-state index contributed by atoms with van der Waals surface area (Å²) in [5, 5.41) is 0. The maximum atomic E-state index is 12.1. The summed E-state index contributed by atoms with van der Waals surface area (Å²) in [6.07, 6.45) is 11.5. The van der Waals surface area contributed by atoms with E-state index in [2.05, 4.69) is 19.1 Å². The predicted molar refractivity (Wildman–Crippen MR) is 153 cm³/mol. The minimum Gasteiger partial charge on any atom is -0.494 e. The molecule has 7 heteroatoms. The largest absolute Gasteiger partial charge is 0.494 e. The second kappa shape index (κ2) is 14.6. The third kappa shape index (κ3) is 7.64. The molecule has 2 atom stereocenters. The number of ether oxygens (including phenoxy) is 5. The zero-order chi connectivity index (χ0) is 28.4. The summed E-state index contributed by atoms with van der Waals surface area (Å²) in [6.45, 7) is 3.04. The predicted octanol–water partition coefficient (Wildman–Crippen LogP) is 7.17. The molecule has 40 heavy (non-hydrogen) atoms. The molecule has 0 aromatic heterocycles. The second-order valence-electron chi connectivity index (χ2n) is 11.1. The van der Waals surface area contributed by atoms with Gasteiger partial charge in [0.2, 0.25) is 0 Å². The molecule has 2 aliphatic rings. The lowest BCUT2D eigenvalue weighted by Crippen LogP contribution is -2.38. The number of hydrogen-bond acceptors (Lipinski definition) is 7. The average molecular weight is 553 g/mol. The highest BCUT2D eigenvalue weighted by molar-refractivity contribution is 5.86. The van der Waals surface area contributed by atoms with Crippen LogP contribution in [0.5, 0.6) is 5.75 Å². The Hall–Kier alpha value is -2.90. The van der Waals surface area contributed by atoms with Crippen molar-refractivity contribution in [3.05, 3.63) is 54.1 Å². The number of methoxy groups -OCH3 is 2. The van der Waals surface area contributed by atoms with Crippen molar-refractivity contribution in [2.75, 3.05) is 20.8 Å². The molecule has 1 aliphatic heterocycles. The van der Waals surface area contributed by atoms with Crippen LogP contribution in [-0.2, 0) is 28.5 Å². The van der Waals surface area contributed by atoms with Gasteiger partial charge in [-0.25, -0.2) is 9.59 Å². The van der Waals surface area contributed by atoms with Gasteiger partial charge in [0, 0.05) is 5.56 Å². The maximum Gasteiger partial charge on any atom is 0.338 e. The third-order valence-electron chi connectivity index (χ3n) is 8.40. The number of esters is 2. The monoisotopic (exact) mass is 552 g/mol. The maximum absolute atomic E-state index is 12.1. The molecule has 2 fully saturated rings. The summed E-state index contributed by atoms with van der Waals surface area (Å²) in [7, 11) is 2.47. The molecule has 0 bridgehead atoms. The highest BCUT2D eigenvalue weighted by Crippen LogP contribution is 2.44. The molecular weight excluding hydrogens is 508 g/mol. The Morgan fingerprint density at radius 2 is 1.32 bits per heavy atom. The van der Waals surface area contributed by atoms with Crippen LogP contribution in [-0.4, -0.2) is 45.0 Å². The number of rotatable bonds is 13. The minimum atomic E-state index is -1.18. The third-order valence-corrected chi connectivity index (χ3v) is 8.40. The van der Waals surface area contributed by atoms with Gasteiger partial charge in [-0.3, -0.25) is 0 Å². The molecule has 0 N–H and O–H groups in total. The van der Waals surface area contributed by atoms with E-state index in [0.29, 0.717) is 11.0 Å². The topological polar surface area (TPSA) is 80.3 Å². The van der Waals surface area contributed by atoms with Gasteiger partial charge < -0.3 is 23.7 Å². The lowest BCUT2D eigenvalue weighted by molar-refractivity contribution is -0.160. The van der Waals surface area contributed by atoms with E-state index >= 15 is 0 Å². The van der Waals surface area contributed by atoms with Crippen LogP contribution >= 0.6 is 0 Å². The van der Waals surface area contributed by atoms with Crippen molar-refractivity contribution in [2.24, 2.45) is 5.41 Å². The molecule has 0 amide bonds. The molecule has 2 aromatic rings. The second-order valence-corrected chi connectivity index (χ2v) is 11.1. The Labute approximate surface area is 238 Å². The molecule has 1 aliphatic carbocycles. The van der Waals surface area contributed by atoms with E-state index in [1.165, 1.54) is 78.4 Å². The fraction of sp³-hybridized carbons (Fsp3) is 0.576. The van der Waals surface area contributed by atoms with Crippen molar-refractivity contribution in [3.8, 4) is 16.9 Å². The van der Waals surface area contributed by atoms with Crippen LogP contribution in [0, 0.1) is 5.41 Å². The number of hydrogen-bond donors (Lipinski definition) is 0. The first-order chi connectivity index (χ1) is 19.5. The van der Waals surface area contributed by atoms with Crippen LogP contribution in [0.1, 0.15) is 89.4 Å². The van der Waals surface area contributed by atoms with E-state index in [1.807, 2.05) is 36.4 Å². The Bertz CT molecular complexity index is 1050. The molecule has 1 saturated heterocycles. The molecule has 0 spiro atoms.